The fourth-order valence-electron chi connectivity index (χ4n) is 1.51. The van der Waals surface area contributed by atoms with Crippen LogP contribution in [0.2, 0.25) is 0 Å². The van der Waals surface area contributed by atoms with E-state index in [1.807, 2.05) is 13.0 Å². The molecule has 4 heteroatoms. The maximum Gasteiger partial charge on any atom is 0.233 e. The van der Waals surface area contributed by atoms with Gasteiger partial charge in [-0.2, -0.15) is 0 Å². The highest BCUT2D eigenvalue weighted by atomic mass is 16.5. The number of carbonyl (C=O) groups excluding carboxylic acids is 1. The van der Waals surface area contributed by atoms with Crippen molar-refractivity contribution in [3.05, 3.63) is 28.8 Å². The Morgan fingerprint density at radius 3 is 2.53 bits per heavy atom. The molecular formula is C13H20N2O2. The molecule has 0 saturated carbocycles. The Kier molecular flexibility index (Phi) is 4.97. The van der Waals surface area contributed by atoms with Crippen LogP contribution in [0.15, 0.2) is 12.1 Å². The number of benzene rings is 1. The summed E-state index contributed by atoms with van der Waals surface area (Å²) in [5.41, 5.74) is 8.74. The Morgan fingerprint density at radius 2 is 1.88 bits per heavy atom. The fraction of sp³-hybridized carbons (Fsp3) is 0.462. The molecule has 0 fully saturated rings. The van der Waals surface area contributed by atoms with Gasteiger partial charge in [-0.15, -0.1) is 0 Å². The molecule has 0 radical (unpaired) electrons. The van der Waals surface area contributed by atoms with Gasteiger partial charge in [0, 0.05) is 0 Å². The minimum absolute atomic E-state index is 0.0165. The van der Waals surface area contributed by atoms with Crippen LogP contribution in [0.3, 0.4) is 0 Å². The topological polar surface area (TPSA) is 64.3 Å². The van der Waals surface area contributed by atoms with Gasteiger partial charge in [-0.3, -0.25) is 4.79 Å². The molecule has 0 heterocycles. The van der Waals surface area contributed by atoms with Crippen molar-refractivity contribution in [3.63, 3.8) is 0 Å². The number of carbonyl (C=O) groups is 1. The van der Waals surface area contributed by atoms with Crippen LogP contribution < -0.4 is 15.8 Å². The normalized spacial score (nSPS) is 10.1. The lowest BCUT2D eigenvalue weighted by Gasteiger charge is -2.12. The van der Waals surface area contributed by atoms with Crippen molar-refractivity contribution in [2.75, 3.05) is 19.7 Å². The zero-order valence-corrected chi connectivity index (χ0v) is 10.7. The maximum atomic E-state index is 10.9. The van der Waals surface area contributed by atoms with Gasteiger partial charge in [0.2, 0.25) is 5.91 Å². The fourth-order valence-corrected chi connectivity index (χ4v) is 1.51. The predicted molar refractivity (Wildman–Crippen MR) is 68.2 cm³/mol. The van der Waals surface area contributed by atoms with E-state index < -0.39 is 0 Å². The van der Waals surface area contributed by atoms with Crippen molar-refractivity contribution in [2.45, 2.75) is 20.8 Å². The smallest absolute Gasteiger partial charge is 0.233 e. The standard InChI is InChI=1S/C13H20N2O2/c1-9-6-11(3)12(7-10(9)2)17-5-4-15-13(16)8-14/h6-7H,4-5,8,14H2,1-3H3,(H,15,16). The van der Waals surface area contributed by atoms with E-state index in [1.54, 1.807) is 0 Å². The van der Waals surface area contributed by atoms with E-state index in [1.165, 1.54) is 11.1 Å². The molecule has 0 aliphatic rings. The first kappa shape index (κ1) is 13.5. The van der Waals surface area contributed by atoms with Crippen LogP contribution in [0, 0.1) is 20.8 Å². The monoisotopic (exact) mass is 236 g/mol. The first-order valence-electron chi connectivity index (χ1n) is 5.72. The second-order valence-corrected chi connectivity index (χ2v) is 4.10. The molecule has 1 amide bonds. The summed E-state index contributed by atoms with van der Waals surface area (Å²) in [5.74, 6) is 0.709. The van der Waals surface area contributed by atoms with Crippen molar-refractivity contribution in [3.8, 4) is 5.75 Å². The number of ether oxygens (including phenoxy) is 1. The number of nitrogens with two attached hydrogens (primary N) is 1. The van der Waals surface area contributed by atoms with Gasteiger partial charge in [0.15, 0.2) is 0 Å². The summed E-state index contributed by atoms with van der Waals surface area (Å²) in [6, 6.07) is 4.12. The molecule has 0 spiro atoms. The minimum atomic E-state index is -0.162. The molecule has 1 aromatic carbocycles. The van der Waals surface area contributed by atoms with Gasteiger partial charge in [0.1, 0.15) is 12.4 Å². The van der Waals surface area contributed by atoms with Gasteiger partial charge >= 0.3 is 0 Å². The van der Waals surface area contributed by atoms with E-state index in [-0.39, 0.29) is 12.5 Å². The molecule has 1 aromatic rings. The second kappa shape index (κ2) is 6.25. The third kappa shape index (κ3) is 4.07. The molecule has 0 atom stereocenters. The lowest BCUT2D eigenvalue weighted by atomic mass is 10.1. The highest BCUT2D eigenvalue weighted by Crippen LogP contribution is 2.21. The Balaban J connectivity index is 2.47. The number of hydrogen-bond donors (Lipinski definition) is 2. The molecule has 0 aromatic heterocycles. The van der Waals surface area contributed by atoms with Crippen LogP contribution >= 0.6 is 0 Å². The van der Waals surface area contributed by atoms with Crippen LogP contribution in [0.5, 0.6) is 5.75 Å². The number of amides is 1. The highest BCUT2D eigenvalue weighted by molar-refractivity contribution is 5.77. The average Bonchev–Trinajstić information content (AvgIpc) is 2.30. The average molecular weight is 236 g/mol. The van der Waals surface area contributed by atoms with Gasteiger partial charge in [0.25, 0.3) is 0 Å². The summed E-state index contributed by atoms with van der Waals surface area (Å²) >= 11 is 0. The SMILES string of the molecule is Cc1cc(C)c(OCCNC(=O)CN)cc1C. The predicted octanol–water partition coefficient (Wildman–Crippen LogP) is 1.07. The largest absolute Gasteiger partial charge is 0.491 e. The number of nitrogens with one attached hydrogen (secondary N) is 1. The first-order chi connectivity index (χ1) is 8.04. The number of rotatable bonds is 5. The Bertz CT molecular complexity index is 403. The van der Waals surface area contributed by atoms with Crippen molar-refractivity contribution >= 4 is 5.91 Å². The summed E-state index contributed by atoms with van der Waals surface area (Å²) < 4.78 is 5.61. The molecule has 0 bridgehead atoms. The molecular weight excluding hydrogens is 216 g/mol. The summed E-state index contributed by atoms with van der Waals surface area (Å²) in [6.45, 7) is 7.09. The zero-order chi connectivity index (χ0) is 12.8. The Hall–Kier alpha value is -1.55. The van der Waals surface area contributed by atoms with Gasteiger partial charge in [-0.1, -0.05) is 6.07 Å². The van der Waals surface area contributed by atoms with Crippen molar-refractivity contribution in [2.24, 2.45) is 5.73 Å². The van der Waals surface area contributed by atoms with E-state index >= 15 is 0 Å². The summed E-state index contributed by atoms with van der Waals surface area (Å²) in [6.07, 6.45) is 0. The second-order valence-electron chi connectivity index (χ2n) is 4.10. The van der Waals surface area contributed by atoms with E-state index in [0.29, 0.717) is 13.2 Å². The maximum absolute atomic E-state index is 10.9. The van der Waals surface area contributed by atoms with Crippen LogP contribution in [-0.2, 0) is 4.79 Å². The van der Waals surface area contributed by atoms with Crippen molar-refractivity contribution in [1.82, 2.24) is 5.32 Å². The Labute approximate surface area is 102 Å². The molecule has 0 aliphatic heterocycles. The summed E-state index contributed by atoms with van der Waals surface area (Å²) in [4.78, 5) is 10.9. The quantitative estimate of drug-likeness (QED) is 0.751. The van der Waals surface area contributed by atoms with Crippen LogP contribution in [0.25, 0.3) is 0 Å². The molecule has 0 saturated heterocycles. The third-order valence-electron chi connectivity index (χ3n) is 2.66. The van der Waals surface area contributed by atoms with Gasteiger partial charge < -0.3 is 15.8 Å². The summed E-state index contributed by atoms with van der Waals surface area (Å²) in [7, 11) is 0. The number of hydrogen-bond acceptors (Lipinski definition) is 3. The van der Waals surface area contributed by atoms with Gasteiger partial charge in [-0.05, 0) is 43.5 Å². The highest BCUT2D eigenvalue weighted by Gasteiger charge is 2.03. The van der Waals surface area contributed by atoms with Crippen molar-refractivity contribution < 1.29 is 9.53 Å². The van der Waals surface area contributed by atoms with Crippen LogP contribution in [-0.4, -0.2) is 25.6 Å². The number of aryl methyl sites for hydroxylation is 3. The van der Waals surface area contributed by atoms with E-state index in [4.69, 9.17) is 10.5 Å². The van der Waals surface area contributed by atoms with Crippen LogP contribution in [0.4, 0.5) is 0 Å². The molecule has 1 rings (SSSR count). The Morgan fingerprint density at radius 1 is 1.24 bits per heavy atom. The summed E-state index contributed by atoms with van der Waals surface area (Å²) in [5, 5.41) is 2.66. The molecule has 0 unspecified atom stereocenters. The third-order valence-corrected chi connectivity index (χ3v) is 2.66. The molecule has 0 aliphatic carbocycles. The molecule has 4 nitrogen and oxygen atoms in total. The molecule has 17 heavy (non-hydrogen) atoms. The zero-order valence-electron chi connectivity index (χ0n) is 10.7. The minimum Gasteiger partial charge on any atom is -0.491 e. The lowest BCUT2D eigenvalue weighted by molar-refractivity contribution is -0.119. The first-order valence-corrected chi connectivity index (χ1v) is 5.72. The van der Waals surface area contributed by atoms with Crippen LogP contribution in [0.1, 0.15) is 16.7 Å². The lowest BCUT2D eigenvalue weighted by Crippen LogP contribution is -2.33. The van der Waals surface area contributed by atoms with E-state index in [2.05, 4.69) is 25.2 Å². The van der Waals surface area contributed by atoms with E-state index in [9.17, 15) is 4.79 Å². The van der Waals surface area contributed by atoms with Crippen molar-refractivity contribution in [1.29, 1.82) is 0 Å². The van der Waals surface area contributed by atoms with Gasteiger partial charge in [0.05, 0.1) is 13.1 Å². The van der Waals surface area contributed by atoms with Gasteiger partial charge in [-0.25, -0.2) is 0 Å². The molecule has 3 N–H and O–H groups in total. The van der Waals surface area contributed by atoms with E-state index in [0.717, 1.165) is 11.3 Å². The molecule has 94 valence electrons.